The summed E-state index contributed by atoms with van der Waals surface area (Å²) in [5.74, 6) is 0.884. The van der Waals surface area contributed by atoms with Crippen LogP contribution in [0.5, 0.6) is 0 Å². The molecule has 0 aliphatic heterocycles. The maximum Gasteiger partial charge on any atom is 0.126 e. The van der Waals surface area contributed by atoms with Crippen molar-refractivity contribution in [3.63, 3.8) is 0 Å². The van der Waals surface area contributed by atoms with Crippen molar-refractivity contribution in [3.05, 3.63) is 15.5 Å². The molecule has 0 unspecified atom stereocenters. The largest absolute Gasteiger partial charge is 0.271 e. The average molecular weight is 290 g/mol. The molecule has 0 radical (unpaired) electrons. The lowest BCUT2D eigenvalue weighted by atomic mass is 10.1. The molecule has 72 valence electrons. The molecule has 0 amide bonds. The van der Waals surface area contributed by atoms with Crippen LogP contribution in [0.1, 0.15) is 31.2 Å². The quantitative estimate of drug-likeness (QED) is 0.766. The van der Waals surface area contributed by atoms with Gasteiger partial charge in [-0.1, -0.05) is 12.8 Å². The zero-order valence-corrected chi connectivity index (χ0v) is 10.1. The van der Waals surface area contributed by atoms with Crippen LogP contribution in [0.25, 0.3) is 0 Å². The number of aromatic nitrogens is 2. The Morgan fingerprint density at radius 2 is 2.23 bits per heavy atom. The molecule has 0 spiro atoms. The lowest BCUT2D eigenvalue weighted by Crippen LogP contribution is -2.07. The van der Waals surface area contributed by atoms with E-state index >= 15 is 0 Å². The Kier molecular flexibility index (Phi) is 2.91. The van der Waals surface area contributed by atoms with Crippen molar-refractivity contribution in [3.8, 4) is 0 Å². The first kappa shape index (κ1) is 9.49. The Labute approximate surface area is 92.8 Å². The smallest absolute Gasteiger partial charge is 0.126 e. The predicted octanol–water partition coefficient (Wildman–Crippen LogP) is 2.99. The average Bonchev–Trinajstić information content (AvgIpc) is 2.64. The number of hydrogen-bond acceptors (Lipinski definition) is 1. The van der Waals surface area contributed by atoms with Crippen LogP contribution < -0.4 is 0 Å². The van der Waals surface area contributed by atoms with Crippen molar-refractivity contribution < 1.29 is 0 Å². The zero-order valence-electron chi connectivity index (χ0n) is 7.96. The molecule has 1 fully saturated rings. The second-order valence-corrected chi connectivity index (χ2v) is 5.00. The van der Waals surface area contributed by atoms with Crippen LogP contribution in [0.3, 0.4) is 0 Å². The second kappa shape index (κ2) is 3.98. The molecule has 1 aliphatic carbocycles. The zero-order chi connectivity index (χ0) is 9.26. The molecule has 1 heterocycles. The van der Waals surface area contributed by atoms with Gasteiger partial charge >= 0.3 is 0 Å². The van der Waals surface area contributed by atoms with Crippen molar-refractivity contribution in [1.82, 2.24) is 9.78 Å². The summed E-state index contributed by atoms with van der Waals surface area (Å²) in [5, 5.41) is 4.48. The minimum atomic E-state index is 0.884. The van der Waals surface area contributed by atoms with E-state index in [9.17, 15) is 0 Å². The fourth-order valence-electron chi connectivity index (χ4n) is 2.05. The topological polar surface area (TPSA) is 17.8 Å². The summed E-state index contributed by atoms with van der Waals surface area (Å²) < 4.78 is 3.27. The van der Waals surface area contributed by atoms with Gasteiger partial charge in [0.2, 0.25) is 0 Å². The van der Waals surface area contributed by atoms with E-state index in [1.807, 2.05) is 0 Å². The molecule has 1 saturated carbocycles. The highest BCUT2D eigenvalue weighted by molar-refractivity contribution is 14.1. The number of halogens is 1. The summed E-state index contributed by atoms with van der Waals surface area (Å²) in [6.07, 6.45) is 7.80. The van der Waals surface area contributed by atoms with E-state index in [2.05, 4.69) is 45.5 Å². The third-order valence-electron chi connectivity index (χ3n) is 2.80. The molecule has 2 nitrogen and oxygen atoms in total. The Hall–Kier alpha value is -0.0600. The number of aryl methyl sites for hydroxylation is 1. The Bertz CT molecular complexity index is 268. The van der Waals surface area contributed by atoms with Gasteiger partial charge in [0.25, 0.3) is 0 Å². The molecular weight excluding hydrogens is 275 g/mol. The van der Waals surface area contributed by atoms with Gasteiger partial charge in [0.15, 0.2) is 0 Å². The fraction of sp³-hybridized carbons (Fsp3) is 0.700. The van der Waals surface area contributed by atoms with Gasteiger partial charge in [-0.2, -0.15) is 5.10 Å². The second-order valence-electron chi connectivity index (χ2n) is 3.98. The summed E-state index contributed by atoms with van der Waals surface area (Å²) in [6.45, 7) is 3.25. The van der Waals surface area contributed by atoms with E-state index < -0.39 is 0 Å². The standard InChI is InChI=1S/C10H15IN2/c1-8-6-13(12-10(8)11)7-9-4-2-3-5-9/h6,9H,2-5,7H2,1H3. The summed E-state index contributed by atoms with van der Waals surface area (Å²) in [5.41, 5.74) is 1.30. The third-order valence-corrected chi connectivity index (χ3v) is 3.87. The van der Waals surface area contributed by atoms with Crippen LogP contribution in [-0.4, -0.2) is 9.78 Å². The molecule has 1 aliphatic rings. The van der Waals surface area contributed by atoms with Crippen molar-refractivity contribution in [2.24, 2.45) is 5.92 Å². The van der Waals surface area contributed by atoms with E-state index in [1.54, 1.807) is 0 Å². The van der Waals surface area contributed by atoms with Crippen molar-refractivity contribution in [1.29, 1.82) is 0 Å². The summed E-state index contributed by atoms with van der Waals surface area (Å²) in [7, 11) is 0. The number of rotatable bonds is 2. The van der Waals surface area contributed by atoms with Gasteiger partial charge < -0.3 is 0 Å². The minimum absolute atomic E-state index is 0.884. The van der Waals surface area contributed by atoms with Gasteiger partial charge in [0.1, 0.15) is 3.70 Å². The summed E-state index contributed by atoms with van der Waals surface area (Å²) in [4.78, 5) is 0. The molecule has 1 aromatic heterocycles. The lowest BCUT2D eigenvalue weighted by Gasteiger charge is -2.07. The van der Waals surface area contributed by atoms with Gasteiger partial charge in [-0.15, -0.1) is 0 Å². The maximum absolute atomic E-state index is 4.48. The highest BCUT2D eigenvalue weighted by Crippen LogP contribution is 2.26. The van der Waals surface area contributed by atoms with E-state index in [4.69, 9.17) is 0 Å². The van der Waals surface area contributed by atoms with Crippen LogP contribution in [0.15, 0.2) is 6.20 Å². The molecule has 0 bridgehead atoms. The number of nitrogens with zero attached hydrogens (tertiary/aromatic N) is 2. The molecule has 0 N–H and O–H groups in total. The first-order chi connectivity index (χ1) is 6.25. The lowest BCUT2D eigenvalue weighted by molar-refractivity contribution is 0.428. The van der Waals surface area contributed by atoms with Crippen LogP contribution in [0, 0.1) is 16.5 Å². The van der Waals surface area contributed by atoms with Crippen LogP contribution in [0.4, 0.5) is 0 Å². The summed E-state index contributed by atoms with van der Waals surface area (Å²) in [6, 6.07) is 0. The minimum Gasteiger partial charge on any atom is -0.271 e. The van der Waals surface area contributed by atoms with E-state index in [0.717, 1.165) is 16.2 Å². The first-order valence-corrected chi connectivity index (χ1v) is 6.03. The maximum atomic E-state index is 4.48. The highest BCUT2D eigenvalue weighted by Gasteiger charge is 2.16. The van der Waals surface area contributed by atoms with E-state index in [-0.39, 0.29) is 0 Å². The Balaban J connectivity index is 2.00. The van der Waals surface area contributed by atoms with Gasteiger partial charge in [-0.25, -0.2) is 0 Å². The Morgan fingerprint density at radius 1 is 1.54 bits per heavy atom. The Morgan fingerprint density at radius 3 is 2.77 bits per heavy atom. The normalized spacial score (nSPS) is 18.3. The predicted molar refractivity (Wildman–Crippen MR) is 61.6 cm³/mol. The van der Waals surface area contributed by atoms with Crippen molar-refractivity contribution in [2.45, 2.75) is 39.2 Å². The molecule has 13 heavy (non-hydrogen) atoms. The van der Waals surface area contributed by atoms with Crippen LogP contribution in [-0.2, 0) is 6.54 Å². The molecule has 1 aromatic rings. The van der Waals surface area contributed by atoms with Gasteiger partial charge in [-0.05, 0) is 48.3 Å². The van der Waals surface area contributed by atoms with E-state index in [1.165, 1.54) is 31.2 Å². The van der Waals surface area contributed by atoms with Gasteiger partial charge in [0, 0.05) is 18.3 Å². The molecule has 3 heteroatoms. The van der Waals surface area contributed by atoms with Crippen molar-refractivity contribution in [2.75, 3.05) is 0 Å². The SMILES string of the molecule is Cc1cn(CC2CCCC2)nc1I. The molecule has 0 atom stereocenters. The monoisotopic (exact) mass is 290 g/mol. The molecule has 0 aromatic carbocycles. The summed E-state index contributed by atoms with van der Waals surface area (Å²) >= 11 is 2.30. The number of hydrogen-bond donors (Lipinski definition) is 0. The fourth-order valence-corrected chi connectivity index (χ4v) is 2.46. The highest BCUT2D eigenvalue weighted by atomic mass is 127. The molecular formula is C10H15IN2. The van der Waals surface area contributed by atoms with E-state index in [0.29, 0.717) is 0 Å². The van der Waals surface area contributed by atoms with Gasteiger partial charge in [-0.3, -0.25) is 4.68 Å². The third kappa shape index (κ3) is 2.24. The van der Waals surface area contributed by atoms with Crippen molar-refractivity contribution >= 4 is 22.6 Å². The molecule has 0 saturated heterocycles. The molecule has 2 rings (SSSR count). The first-order valence-electron chi connectivity index (χ1n) is 4.95. The van der Waals surface area contributed by atoms with Gasteiger partial charge in [0.05, 0.1) is 0 Å². The van der Waals surface area contributed by atoms with Crippen LogP contribution in [0.2, 0.25) is 0 Å². The van der Waals surface area contributed by atoms with Crippen LogP contribution >= 0.6 is 22.6 Å².